The van der Waals surface area contributed by atoms with Gasteiger partial charge in [-0.2, -0.15) is 0 Å². The molecule has 0 aromatic rings. The first-order valence-corrected chi connectivity index (χ1v) is 7.24. The van der Waals surface area contributed by atoms with E-state index >= 15 is 0 Å². The monoisotopic (exact) mass is 224 g/mol. The summed E-state index contributed by atoms with van der Waals surface area (Å²) in [5.41, 5.74) is 6.32. The van der Waals surface area contributed by atoms with E-state index in [4.69, 9.17) is 5.73 Å². The maximum Gasteiger partial charge on any atom is 0.0249 e. The zero-order chi connectivity index (χ0) is 11.5. The van der Waals surface area contributed by atoms with Crippen molar-refractivity contribution in [1.29, 1.82) is 0 Å². The first kappa shape index (κ1) is 12.4. The average Bonchev–Trinajstić information content (AvgIpc) is 2.78. The second-order valence-corrected chi connectivity index (χ2v) is 5.88. The molecule has 2 nitrogen and oxygen atoms in total. The molecule has 16 heavy (non-hydrogen) atoms. The lowest BCUT2D eigenvalue weighted by Crippen LogP contribution is -2.50. The lowest BCUT2D eigenvalue weighted by Gasteiger charge is -2.39. The van der Waals surface area contributed by atoms with Crippen molar-refractivity contribution < 1.29 is 0 Å². The van der Waals surface area contributed by atoms with Gasteiger partial charge in [-0.15, -0.1) is 0 Å². The van der Waals surface area contributed by atoms with E-state index in [0.717, 1.165) is 11.8 Å². The van der Waals surface area contributed by atoms with Crippen LogP contribution in [0.5, 0.6) is 0 Å². The van der Waals surface area contributed by atoms with E-state index in [9.17, 15) is 0 Å². The smallest absolute Gasteiger partial charge is 0.0249 e. The van der Waals surface area contributed by atoms with Crippen molar-refractivity contribution in [2.45, 2.75) is 64.5 Å². The molecule has 0 bridgehead atoms. The molecule has 0 spiro atoms. The molecule has 94 valence electrons. The summed E-state index contributed by atoms with van der Waals surface area (Å²) in [6, 6.07) is 1.13. The highest BCUT2D eigenvalue weighted by Gasteiger charge is 2.34. The third kappa shape index (κ3) is 2.60. The van der Waals surface area contributed by atoms with Gasteiger partial charge in [-0.1, -0.05) is 26.7 Å². The second-order valence-electron chi connectivity index (χ2n) is 5.88. The number of hydrogen-bond acceptors (Lipinski definition) is 2. The standard InChI is InChI=1S/C14H28N2/c1-3-11-5-6-13(15)14(9-11)16-8-7-12(4-2)10-16/h11-14H,3-10,15H2,1-2H3. The molecule has 4 atom stereocenters. The third-order valence-corrected chi connectivity index (χ3v) is 4.92. The molecule has 2 N–H and O–H groups in total. The molecule has 0 amide bonds. The first-order chi connectivity index (χ1) is 7.74. The van der Waals surface area contributed by atoms with Crippen molar-refractivity contribution in [3.8, 4) is 0 Å². The number of hydrogen-bond donors (Lipinski definition) is 1. The second kappa shape index (κ2) is 5.50. The summed E-state index contributed by atoms with van der Waals surface area (Å²) >= 11 is 0. The summed E-state index contributed by atoms with van der Waals surface area (Å²) in [7, 11) is 0. The van der Waals surface area contributed by atoms with Gasteiger partial charge in [0.15, 0.2) is 0 Å². The Morgan fingerprint density at radius 2 is 1.81 bits per heavy atom. The molecule has 4 unspecified atom stereocenters. The van der Waals surface area contributed by atoms with Crippen LogP contribution in [-0.4, -0.2) is 30.1 Å². The summed E-state index contributed by atoms with van der Waals surface area (Å²) in [4.78, 5) is 2.70. The predicted molar refractivity (Wildman–Crippen MR) is 69.4 cm³/mol. The summed E-state index contributed by atoms with van der Waals surface area (Å²) in [5.74, 6) is 1.87. The number of likely N-dealkylation sites (tertiary alicyclic amines) is 1. The minimum absolute atomic E-state index is 0.443. The Labute approximate surface area is 101 Å². The lowest BCUT2D eigenvalue weighted by atomic mass is 9.81. The minimum atomic E-state index is 0.443. The average molecular weight is 224 g/mol. The Kier molecular flexibility index (Phi) is 4.26. The van der Waals surface area contributed by atoms with Gasteiger partial charge >= 0.3 is 0 Å². The Morgan fingerprint density at radius 1 is 1.06 bits per heavy atom. The highest BCUT2D eigenvalue weighted by atomic mass is 15.2. The maximum atomic E-state index is 6.32. The lowest BCUT2D eigenvalue weighted by molar-refractivity contribution is 0.130. The molecule has 0 aromatic heterocycles. The van der Waals surface area contributed by atoms with E-state index < -0.39 is 0 Å². The zero-order valence-electron chi connectivity index (χ0n) is 11.0. The predicted octanol–water partition coefficient (Wildman–Crippen LogP) is 2.62. The fraction of sp³-hybridized carbons (Fsp3) is 1.00. The van der Waals surface area contributed by atoms with Crippen LogP contribution in [-0.2, 0) is 0 Å². The van der Waals surface area contributed by atoms with E-state index in [1.807, 2.05) is 0 Å². The molecule has 2 rings (SSSR count). The Bertz CT molecular complexity index is 217. The summed E-state index contributed by atoms with van der Waals surface area (Å²) in [6.45, 7) is 7.26. The van der Waals surface area contributed by atoms with Crippen LogP contribution in [0.1, 0.15) is 52.4 Å². The molecule has 0 radical (unpaired) electrons. The molecule has 1 heterocycles. The van der Waals surface area contributed by atoms with Gasteiger partial charge in [-0.3, -0.25) is 4.90 Å². The molecule has 2 fully saturated rings. The van der Waals surface area contributed by atoms with E-state index in [-0.39, 0.29) is 0 Å². The van der Waals surface area contributed by atoms with Crippen molar-refractivity contribution in [1.82, 2.24) is 4.90 Å². The molecule has 0 aromatic carbocycles. The van der Waals surface area contributed by atoms with Gasteiger partial charge in [0.25, 0.3) is 0 Å². The van der Waals surface area contributed by atoms with Gasteiger partial charge in [0, 0.05) is 18.6 Å². The van der Waals surface area contributed by atoms with Crippen LogP contribution in [0.15, 0.2) is 0 Å². The molecule has 1 aliphatic carbocycles. The third-order valence-electron chi connectivity index (χ3n) is 4.92. The van der Waals surface area contributed by atoms with Gasteiger partial charge in [-0.25, -0.2) is 0 Å². The quantitative estimate of drug-likeness (QED) is 0.798. The van der Waals surface area contributed by atoms with Crippen LogP contribution in [0.25, 0.3) is 0 Å². The molecule has 2 aliphatic rings. The van der Waals surface area contributed by atoms with Gasteiger partial charge < -0.3 is 5.73 Å². The maximum absolute atomic E-state index is 6.32. The number of rotatable bonds is 3. The molecular weight excluding hydrogens is 196 g/mol. The van der Waals surface area contributed by atoms with E-state index in [2.05, 4.69) is 18.7 Å². The SMILES string of the molecule is CCC1CCC(N)C(N2CCC(CC)C2)C1. The molecule has 1 saturated heterocycles. The Balaban J connectivity index is 1.91. The molecule has 2 heteroatoms. The van der Waals surface area contributed by atoms with Crippen LogP contribution in [0, 0.1) is 11.8 Å². The summed E-state index contributed by atoms with van der Waals surface area (Å²) in [5, 5.41) is 0. The fourth-order valence-corrected chi connectivity index (χ4v) is 3.54. The Morgan fingerprint density at radius 3 is 2.44 bits per heavy atom. The van der Waals surface area contributed by atoms with Crippen LogP contribution >= 0.6 is 0 Å². The van der Waals surface area contributed by atoms with Crippen LogP contribution in [0.3, 0.4) is 0 Å². The van der Waals surface area contributed by atoms with Crippen molar-refractivity contribution in [3.63, 3.8) is 0 Å². The van der Waals surface area contributed by atoms with Crippen molar-refractivity contribution in [3.05, 3.63) is 0 Å². The summed E-state index contributed by atoms with van der Waals surface area (Å²) < 4.78 is 0. The molecular formula is C14H28N2. The van der Waals surface area contributed by atoms with E-state index in [1.54, 1.807) is 0 Å². The number of nitrogens with two attached hydrogens (primary N) is 1. The van der Waals surface area contributed by atoms with Gasteiger partial charge in [0.05, 0.1) is 0 Å². The van der Waals surface area contributed by atoms with Crippen LogP contribution < -0.4 is 5.73 Å². The molecule has 1 saturated carbocycles. The van der Waals surface area contributed by atoms with Gasteiger partial charge in [-0.05, 0) is 44.1 Å². The summed E-state index contributed by atoms with van der Waals surface area (Å²) in [6.07, 6.45) is 8.05. The van der Waals surface area contributed by atoms with Crippen LogP contribution in [0.4, 0.5) is 0 Å². The zero-order valence-corrected chi connectivity index (χ0v) is 11.0. The van der Waals surface area contributed by atoms with Crippen molar-refractivity contribution in [2.75, 3.05) is 13.1 Å². The van der Waals surface area contributed by atoms with Crippen LogP contribution in [0.2, 0.25) is 0 Å². The van der Waals surface area contributed by atoms with Crippen molar-refractivity contribution >= 4 is 0 Å². The topological polar surface area (TPSA) is 29.3 Å². The van der Waals surface area contributed by atoms with Gasteiger partial charge in [0.2, 0.25) is 0 Å². The highest BCUT2D eigenvalue weighted by molar-refractivity contribution is 4.92. The Hall–Kier alpha value is -0.0800. The highest BCUT2D eigenvalue weighted by Crippen LogP contribution is 2.32. The minimum Gasteiger partial charge on any atom is -0.326 e. The normalized spacial score (nSPS) is 41.4. The van der Waals surface area contributed by atoms with E-state index in [1.165, 1.54) is 51.6 Å². The molecule has 1 aliphatic heterocycles. The van der Waals surface area contributed by atoms with E-state index in [0.29, 0.717) is 12.1 Å². The van der Waals surface area contributed by atoms with Gasteiger partial charge in [0.1, 0.15) is 0 Å². The first-order valence-electron chi connectivity index (χ1n) is 7.24. The van der Waals surface area contributed by atoms with Crippen molar-refractivity contribution in [2.24, 2.45) is 17.6 Å². The largest absolute Gasteiger partial charge is 0.326 e. The number of nitrogens with zero attached hydrogens (tertiary/aromatic N) is 1. The fourth-order valence-electron chi connectivity index (χ4n) is 3.54.